The van der Waals surface area contributed by atoms with E-state index < -0.39 is 0 Å². The van der Waals surface area contributed by atoms with Crippen molar-refractivity contribution in [2.45, 2.75) is 49.9 Å². The molecule has 1 aliphatic carbocycles. The van der Waals surface area contributed by atoms with E-state index in [-0.39, 0.29) is 23.7 Å². The summed E-state index contributed by atoms with van der Waals surface area (Å²) >= 11 is 0. The van der Waals surface area contributed by atoms with Crippen LogP contribution in [0.5, 0.6) is 11.6 Å². The topological polar surface area (TPSA) is 60.9 Å². The van der Waals surface area contributed by atoms with Crippen molar-refractivity contribution in [3.05, 3.63) is 54.2 Å². The van der Waals surface area contributed by atoms with Crippen LogP contribution in [0.3, 0.4) is 0 Å². The van der Waals surface area contributed by atoms with Gasteiger partial charge in [0.05, 0.1) is 25.2 Å². The molecule has 0 spiro atoms. The van der Waals surface area contributed by atoms with Crippen LogP contribution in [-0.4, -0.2) is 54.3 Å². The number of aromatic nitrogens is 1. The molecule has 1 saturated carbocycles. The molecule has 6 nitrogen and oxygen atoms in total. The third kappa shape index (κ3) is 4.08. The number of benzene rings is 1. The number of methoxy groups -OCH3 is 2. The molecule has 0 bridgehead atoms. The summed E-state index contributed by atoms with van der Waals surface area (Å²) in [6, 6.07) is 13.4. The van der Waals surface area contributed by atoms with Crippen molar-refractivity contribution in [1.82, 2.24) is 9.88 Å². The standard InChI is InChI=1S/C23H28N2O4/c1-27-18-8-6-17(7-9-18)15-22(26)25-14-12-23(28-2)11-10-19(16-20(23)25)29-21-5-3-4-13-24-21/h3-9,13,19-20H,10-12,14-16H2,1-2H3/t19-,20-,23+/m0/s1. The monoisotopic (exact) mass is 396 g/mol. The first-order chi connectivity index (χ1) is 14.1. The van der Waals surface area contributed by atoms with Gasteiger partial charge in [0, 0.05) is 32.3 Å². The van der Waals surface area contributed by atoms with Gasteiger partial charge >= 0.3 is 0 Å². The molecule has 0 unspecified atom stereocenters. The fourth-order valence-electron chi connectivity index (χ4n) is 4.67. The predicted octanol–water partition coefficient (Wildman–Crippen LogP) is 3.25. The minimum Gasteiger partial charge on any atom is -0.497 e. The Balaban J connectivity index is 1.46. The molecular formula is C23H28N2O4. The summed E-state index contributed by atoms with van der Waals surface area (Å²) in [4.78, 5) is 19.4. The molecule has 0 radical (unpaired) electrons. The van der Waals surface area contributed by atoms with Gasteiger partial charge in [0.15, 0.2) is 0 Å². The Hall–Kier alpha value is -2.60. The minimum absolute atomic E-state index is 0.0284. The van der Waals surface area contributed by atoms with Crippen LogP contribution in [0, 0.1) is 0 Å². The Bertz CT molecular complexity index is 827. The van der Waals surface area contributed by atoms with Gasteiger partial charge < -0.3 is 19.1 Å². The highest BCUT2D eigenvalue weighted by Crippen LogP contribution is 2.43. The van der Waals surface area contributed by atoms with E-state index in [4.69, 9.17) is 14.2 Å². The van der Waals surface area contributed by atoms with Crippen LogP contribution in [0.15, 0.2) is 48.7 Å². The second kappa shape index (κ2) is 8.41. The van der Waals surface area contributed by atoms with Gasteiger partial charge in [-0.1, -0.05) is 18.2 Å². The van der Waals surface area contributed by atoms with Crippen molar-refractivity contribution in [3.63, 3.8) is 0 Å². The lowest BCUT2D eigenvalue weighted by Crippen LogP contribution is -2.53. The van der Waals surface area contributed by atoms with Gasteiger partial charge in [0.2, 0.25) is 11.8 Å². The largest absolute Gasteiger partial charge is 0.497 e. The number of hydrogen-bond acceptors (Lipinski definition) is 5. The van der Waals surface area contributed by atoms with E-state index in [2.05, 4.69) is 4.98 Å². The second-order valence-corrected chi connectivity index (χ2v) is 7.83. The summed E-state index contributed by atoms with van der Waals surface area (Å²) in [7, 11) is 3.41. The van der Waals surface area contributed by atoms with Gasteiger partial charge in [-0.15, -0.1) is 0 Å². The van der Waals surface area contributed by atoms with Gasteiger partial charge in [-0.2, -0.15) is 0 Å². The molecule has 2 aliphatic rings. The number of hydrogen-bond donors (Lipinski definition) is 0. The van der Waals surface area contributed by atoms with Crippen molar-refractivity contribution in [2.75, 3.05) is 20.8 Å². The fraction of sp³-hybridized carbons (Fsp3) is 0.478. The van der Waals surface area contributed by atoms with Crippen molar-refractivity contribution in [2.24, 2.45) is 0 Å². The second-order valence-electron chi connectivity index (χ2n) is 7.83. The molecule has 3 atom stereocenters. The maximum absolute atomic E-state index is 13.1. The zero-order valence-electron chi connectivity index (χ0n) is 17.0. The fourth-order valence-corrected chi connectivity index (χ4v) is 4.67. The van der Waals surface area contributed by atoms with Crippen LogP contribution in [0.4, 0.5) is 0 Å². The first-order valence-electron chi connectivity index (χ1n) is 10.2. The third-order valence-corrected chi connectivity index (χ3v) is 6.30. The van der Waals surface area contributed by atoms with Crippen LogP contribution in [-0.2, 0) is 16.0 Å². The maximum atomic E-state index is 13.1. The molecule has 1 saturated heterocycles. The van der Waals surface area contributed by atoms with Crippen molar-refractivity contribution in [1.29, 1.82) is 0 Å². The number of pyridine rings is 1. The van der Waals surface area contributed by atoms with Gasteiger partial charge in [-0.05, 0) is 43.0 Å². The predicted molar refractivity (Wildman–Crippen MR) is 109 cm³/mol. The average Bonchev–Trinajstić information content (AvgIpc) is 3.14. The Kier molecular flexibility index (Phi) is 5.72. The SMILES string of the molecule is COc1ccc(CC(=O)N2CC[C@]3(OC)CC[C@H](Oc4ccccn4)C[C@H]23)cc1. The van der Waals surface area contributed by atoms with Crippen LogP contribution >= 0.6 is 0 Å². The number of carbonyl (C=O) groups excluding carboxylic acids is 1. The minimum atomic E-state index is -0.264. The first kappa shape index (κ1) is 19.7. The van der Waals surface area contributed by atoms with E-state index in [1.54, 1.807) is 20.4 Å². The molecule has 2 aromatic rings. The van der Waals surface area contributed by atoms with Gasteiger partial charge in [-0.3, -0.25) is 4.79 Å². The molecule has 154 valence electrons. The maximum Gasteiger partial charge on any atom is 0.227 e. The van der Waals surface area contributed by atoms with Crippen molar-refractivity contribution >= 4 is 5.91 Å². The molecule has 1 aliphatic heterocycles. The highest BCUT2D eigenvalue weighted by atomic mass is 16.5. The molecule has 1 amide bonds. The Morgan fingerprint density at radius 1 is 1.17 bits per heavy atom. The molecule has 29 heavy (non-hydrogen) atoms. The van der Waals surface area contributed by atoms with Crippen molar-refractivity contribution in [3.8, 4) is 11.6 Å². The average molecular weight is 396 g/mol. The van der Waals surface area contributed by atoms with Crippen LogP contribution < -0.4 is 9.47 Å². The number of nitrogens with zero attached hydrogens (tertiary/aromatic N) is 2. The van der Waals surface area contributed by atoms with Gasteiger partial charge in [0.1, 0.15) is 11.9 Å². The van der Waals surface area contributed by atoms with Crippen LogP contribution in [0.25, 0.3) is 0 Å². The molecule has 4 rings (SSSR count). The Morgan fingerprint density at radius 2 is 2.00 bits per heavy atom. The van der Waals surface area contributed by atoms with E-state index in [1.165, 1.54) is 0 Å². The zero-order chi connectivity index (χ0) is 20.3. The molecule has 0 N–H and O–H groups in total. The number of rotatable bonds is 6. The highest BCUT2D eigenvalue weighted by molar-refractivity contribution is 5.79. The summed E-state index contributed by atoms with van der Waals surface area (Å²) in [5, 5.41) is 0. The molecule has 2 fully saturated rings. The molecular weight excluding hydrogens is 368 g/mol. The normalized spacial score (nSPS) is 26.1. The Morgan fingerprint density at radius 3 is 2.69 bits per heavy atom. The zero-order valence-corrected chi connectivity index (χ0v) is 17.0. The number of likely N-dealkylation sites (tertiary alicyclic amines) is 1. The lowest BCUT2D eigenvalue weighted by molar-refractivity contribution is -0.138. The van der Waals surface area contributed by atoms with E-state index >= 15 is 0 Å². The van der Waals surface area contributed by atoms with Gasteiger partial charge in [0.25, 0.3) is 0 Å². The van der Waals surface area contributed by atoms with E-state index in [0.29, 0.717) is 12.3 Å². The smallest absolute Gasteiger partial charge is 0.227 e. The molecule has 2 heterocycles. The van der Waals surface area contributed by atoms with E-state index in [9.17, 15) is 4.79 Å². The van der Waals surface area contributed by atoms with E-state index in [1.807, 2.05) is 47.4 Å². The molecule has 6 heteroatoms. The van der Waals surface area contributed by atoms with E-state index in [0.717, 1.165) is 43.5 Å². The summed E-state index contributed by atoms with van der Waals surface area (Å²) in [6.07, 6.45) is 5.58. The van der Waals surface area contributed by atoms with Crippen LogP contribution in [0.2, 0.25) is 0 Å². The number of fused-ring (bicyclic) bond motifs is 1. The number of carbonyl (C=O) groups is 1. The van der Waals surface area contributed by atoms with Gasteiger partial charge in [-0.25, -0.2) is 4.98 Å². The third-order valence-electron chi connectivity index (χ3n) is 6.30. The van der Waals surface area contributed by atoms with Crippen LogP contribution in [0.1, 0.15) is 31.2 Å². The summed E-state index contributed by atoms with van der Waals surface area (Å²) < 4.78 is 17.3. The number of amides is 1. The van der Waals surface area contributed by atoms with Crippen molar-refractivity contribution < 1.29 is 19.0 Å². The Labute approximate surface area is 171 Å². The molecule has 1 aromatic carbocycles. The summed E-state index contributed by atoms with van der Waals surface area (Å²) in [6.45, 7) is 0.726. The number of ether oxygens (including phenoxy) is 3. The summed E-state index contributed by atoms with van der Waals surface area (Å²) in [5.74, 6) is 1.57. The highest BCUT2D eigenvalue weighted by Gasteiger charge is 2.52. The molecule has 1 aromatic heterocycles. The lowest BCUT2D eigenvalue weighted by Gasteiger charge is -2.43. The quantitative estimate of drug-likeness (QED) is 0.750. The first-order valence-corrected chi connectivity index (χ1v) is 10.2. The lowest BCUT2D eigenvalue weighted by atomic mass is 9.79. The summed E-state index contributed by atoms with van der Waals surface area (Å²) in [5.41, 5.74) is 0.724.